The molecular formula is C16H24N4O3. The lowest BCUT2D eigenvalue weighted by atomic mass is 10.2. The second kappa shape index (κ2) is 6.85. The van der Waals surface area contributed by atoms with E-state index >= 15 is 0 Å². The van der Waals surface area contributed by atoms with Crippen LogP contribution in [0.15, 0.2) is 18.3 Å². The Hall–Kier alpha value is -2.31. The van der Waals surface area contributed by atoms with Crippen LogP contribution in [0.1, 0.15) is 37.7 Å². The van der Waals surface area contributed by atoms with Gasteiger partial charge in [0, 0.05) is 26.2 Å². The number of hydrogen-bond acceptors (Lipinski definition) is 5. The molecule has 0 atom stereocenters. The molecule has 7 heteroatoms. The van der Waals surface area contributed by atoms with Crippen molar-refractivity contribution in [1.82, 2.24) is 14.8 Å². The van der Waals surface area contributed by atoms with E-state index in [1.807, 2.05) is 20.8 Å². The Bertz CT molecular complexity index is 566. The Morgan fingerprint density at radius 2 is 1.78 bits per heavy atom. The zero-order chi connectivity index (χ0) is 17.0. The fourth-order valence-corrected chi connectivity index (χ4v) is 2.32. The first-order chi connectivity index (χ1) is 10.8. The first-order valence-electron chi connectivity index (χ1n) is 7.75. The third kappa shape index (κ3) is 4.84. The van der Waals surface area contributed by atoms with Crippen LogP contribution in [0, 0.1) is 0 Å². The first-order valence-corrected chi connectivity index (χ1v) is 7.75. The van der Waals surface area contributed by atoms with Gasteiger partial charge in [0.2, 0.25) is 0 Å². The number of pyridine rings is 1. The van der Waals surface area contributed by atoms with Crippen LogP contribution in [0.2, 0.25) is 0 Å². The minimum atomic E-state index is -0.521. The van der Waals surface area contributed by atoms with Crippen LogP contribution in [-0.2, 0) is 4.74 Å². The summed E-state index contributed by atoms with van der Waals surface area (Å²) in [4.78, 5) is 32.0. The third-order valence-electron chi connectivity index (χ3n) is 3.44. The number of carbonyl (C=O) groups is 2. The molecule has 0 bridgehead atoms. The van der Waals surface area contributed by atoms with E-state index in [2.05, 4.69) is 4.98 Å². The Morgan fingerprint density at radius 1 is 1.13 bits per heavy atom. The molecule has 0 aromatic carbocycles. The topological polar surface area (TPSA) is 88.8 Å². The van der Waals surface area contributed by atoms with E-state index in [9.17, 15) is 9.59 Å². The molecule has 1 fully saturated rings. The lowest BCUT2D eigenvalue weighted by molar-refractivity contribution is 0.0255. The van der Waals surface area contributed by atoms with Crippen molar-refractivity contribution in [2.45, 2.75) is 32.8 Å². The highest BCUT2D eigenvalue weighted by Crippen LogP contribution is 2.13. The van der Waals surface area contributed by atoms with Crippen molar-refractivity contribution in [2.24, 2.45) is 0 Å². The van der Waals surface area contributed by atoms with Crippen molar-refractivity contribution in [3.05, 3.63) is 24.0 Å². The standard InChI is InChI=1S/C16H24N4O3/c1-16(2,3)23-15(22)20-8-4-7-19(9-10-20)14(21)13-6-5-12(17)11-18-13/h5-6,11H,4,7-10,17H2,1-3H3. The Labute approximate surface area is 136 Å². The number of nitrogen functional groups attached to an aromatic ring is 1. The van der Waals surface area contributed by atoms with Crippen LogP contribution in [0.3, 0.4) is 0 Å². The van der Waals surface area contributed by atoms with Crippen molar-refractivity contribution < 1.29 is 14.3 Å². The number of ether oxygens (including phenoxy) is 1. The highest BCUT2D eigenvalue weighted by molar-refractivity contribution is 5.92. The fraction of sp³-hybridized carbons (Fsp3) is 0.562. The summed E-state index contributed by atoms with van der Waals surface area (Å²) in [6.45, 7) is 7.60. The van der Waals surface area contributed by atoms with Gasteiger partial charge in [-0.05, 0) is 39.3 Å². The molecule has 1 saturated heterocycles. The quantitative estimate of drug-likeness (QED) is 0.851. The molecule has 2 heterocycles. The largest absolute Gasteiger partial charge is 0.444 e. The molecule has 0 spiro atoms. The number of nitrogens with zero attached hydrogens (tertiary/aromatic N) is 3. The summed E-state index contributed by atoms with van der Waals surface area (Å²) < 4.78 is 5.38. The van der Waals surface area contributed by atoms with Crippen LogP contribution in [0.5, 0.6) is 0 Å². The predicted octanol–water partition coefficient (Wildman–Crippen LogP) is 1.75. The summed E-state index contributed by atoms with van der Waals surface area (Å²) >= 11 is 0. The molecule has 2 rings (SSSR count). The Balaban J connectivity index is 1.97. The molecule has 0 unspecified atom stereocenters. The SMILES string of the molecule is CC(C)(C)OC(=O)N1CCCN(C(=O)c2ccc(N)cn2)CC1. The fourth-order valence-electron chi connectivity index (χ4n) is 2.32. The molecule has 2 amide bonds. The van der Waals surface area contributed by atoms with Crippen LogP contribution in [0.4, 0.5) is 10.5 Å². The van der Waals surface area contributed by atoms with Gasteiger partial charge in [0.25, 0.3) is 5.91 Å². The van der Waals surface area contributed by atoms with Gasteiger partial charge in [-0.3, -0.25) is 4.79 Å². The van der Waals surface area contributed by atoms with E-state index in [1.54, 1.807) is 21.9 Å². The van der Waals surface area contributed by atoms with E-state index in [1.165, 1.54) is 6.20 Å². The Morgan fingerprint density at radius 3 is 2.39 bits per heavy atom. The van der Waals surface area contributed by atoms with Crippen LogP contribution in [0.25, 0.3) is 0 Å². The molecule has 0 radical (unpaired) electrons. The Kier molecular flexibility index (Phi) is 5.08. The van der Waals surface area contributed by atoms with Crippen LogP contribution < -0.4 is 5.73 Å². The number of aromatic nitrogens is 1. The molecule has 1 aromatic heterocycles. The monoisotopic (exact) mass is 320 g/mol. The van der Waals surface area contributed by atoms with E-state index in [0.29, 0.717) is 44.0 Å². The number of nitrogens with two attached hydrogens (primary N) is 1. The van der Waals surface area contributed by atoms with Gasteiger partial charge in [-0.2, -0.15) is 0 Å². The number of carbonyl (C=O) groups excluding carboxylic acids is 2. The summed E-state index contributed by atoms with van der Waals surface area (Å²) in [5, 5.41) is 0. The molecule has 7 nitrogen and oxygen atoms in total. The summed E-state index contributed by atoms with van der Waals surface area (Å²) in [6.07, 6.45) is 1.84. The average Bonchev–Trinajstić information content (AvgIpc) is 2.71. The van der Waals surface area contributed by atoms with Crippen molar-refractivity contribution in [3.63, 3.8) is 0 Å². The maximum Gasteiger partial charge on any atom is 0.410 e. The lowest BCUT2D eigenvalue weighted by Crippen LogP contribution is -2.40. The van der Waals surface area contributed by atoms with Crippen molar-refractivity contribution in [1.29, 1.82) is 0 Å². The second-order valence-corrected chi connectivity index (χ2v) is 6.59. The van der Waals surface area contributed by atoms with Gasteiger partial charge in [0.05, 0.1) is 11.9 Å². The maximum atomic E-state index is 12.5. The summed E-state index contributed by atoms with van der Waals surface area (Å²) in [6, 6.07) is 3.28. The molecule has 0 aliphatic carbocycles. The second-order valence-electron chi connectivity index (χ2n) is 6.59. The highest BCUT2D eigenvalue weighted by Gasteiger charge is 2.26. The molecule has 1 aromatic rings. The number of rotatable bonds is 1. The summed E-state index contributed by atoms with van der Waals surface area (Å²) in [5.41, 5.74) is 5.95. The first kappa shape index (κ1) is 17.1. The minimum Gasteiger partial charge on any atom is -0.444 e. The van der Waals surface area contributed by atoms with Gasteiger partial charge in [-0.15, -0.1) is 0 Å². The minimum absolute atomic E-state index is 0.143. The van der Waals surface area contributed by atoms with Gasteiger partial charge in [-0.1, -0.05) is 0 Å². The maximum absolute atomic E-state index is 12.5. The zero-order valence-corrected chi connectivity index (χ0v) is 13.9. The lowest BCUT2D eigenvalue weighted by Gasteiger charge is -2.26. The van der Waals surface area contributed by atoms with Crippen LogP contribution >= 0.6 is 0 Å². The molecule has 23 heavy (non-hydrogen) atoms. The van der Waals surface area contributed by atoms with E-state index in [4.69, 9.17) is 10.5 Å². The van der Waals surface area contributed by atoms with E-state index in [-0.39, 0.29) is 12.0 Å². The van der Waals surface area contributed by atoms with Crippen LogP contribution in [-0.4, -0.2) is 58.6 Å². The van der Waals surface area contributed by atoms with Gasteiger partial charge >= 0.3 is 6.09 Å². The van der Waals surface area contributed by atoms with Gasteiger partial charge in [0.15, 0.2) is 0 Å². The number of amides is 2. The number of hydrogen-bond donors (Lipinski definition) is 1. The van der Waals surface area contributed by atoms with Crippen molar-refractivity contribution >= 4 is 17.7 Å². The smallest absolute Gasteiger partial charge is 0.410 e. The normalized spacial score (nSPS) is 16.0. The van der Waals surface area contributed by atoms with E-state index < -0.39 is 5.60 Å². The number of anilines is 1. The van der Waals surface area contributed by atoms with E-state index in [0.717, 1.165) is 0 Å². The molecule has 1 aliphatic heterocycles. The summed E-state index contributed by atoms with van der Waals surface area (Å²) in [5.74, 6) is -0.143. The highest BCUT2D eigenvalue weighted by atomic mass is 16.6. The molecule has 1 aliphatic rings. The third-order valence-corrected chi connectivity index (χ3v) is 3.44. The molecule has 2 N–H and O–H groups in total. The predicted molar refractivity (Wildman–Crippen MR) is 87.0 cm³/mol. The molecule has 0 saturated carbocycles. The molecular weight excluding hydrogens is 296 g/mol. The van der Waals surface area contributed by atoms with Gasteiger partial charge < -0.3 is 20.3 Å². The van der Waals surface area contributed by atoms with Gasteiger partial charge in [0.1, 0.15) is 11.3 Å². The summed E-state index contributed by atoms with van der Waals surface area (Å²) in [7, 11) is 0. The van der Waals surface area contributed by atoms with Crippen molar-refractivity contribution in [2.75, 3.05) is 31.9 Å². The van der Waals surface area contributed by atoms with Crippen molar-refractivity contribution in [3.8, 4) is 0 Å². The molecule has 126 valence electrons. The zero-order valence-electron chi connectivity index (χ0n) is 13.9. The van der Waals surface area contributed by atoms with Gasteiger partial charge in [-0.25, -0.2) is 9.78 Å². The average molecular weight is 320 g/mol.